The zero-order valence-electron chi connectivity index (χ0n) is 10.2. The van der Waals surface area contributed by atoms with Crippen LogP contribution < -0.4 is 11.5 Å². The lowest BCUT2D eigenvalue weighted by Crippen LogP contribution is -2.58. The second-order valence-corrected chi connectivity index (χ2v) is 4.90. The van der Waals surface area contributed by atoms with Crippen LogP contribution in [-0.2, 0) is 4.74 Å². The van der Waals surface area contributed by atoms with Gasteiger partial charge in [-0.25, -0.2) is 4.79 Å². The summed E-state index contributed by atoms with van der Waals surface area (Å²) in [6, 6.07) is 5.79. The first kappa shape index (κ1) is 12.1. The van der Waals surface area contributed by atoms with Crippen LogP contribution in [0.3, 0.4) is 0 Å². The molecule has 0 spiro atoms. The SMILES string of the molecule is COC(=O)c1ccc(C2CC(N)(N)C2)cc1C. The maximum absolute atomic E-state index is 11.4. The summed E-state index contributed by atoms with van der Waals surface area (Å²) in [7, 11) is 1.39. The number of esters is 1. The predicted octanol–water partition coefficient (Wildman–Crippen LogP) is 1.27. The van der Waals surface area contributed by atoms with Crippen LogP contribution in [0.15, 0.2) is 18.2 Å². The molecule has 4 nitrogen and oxygen atoms in total. The normalized spacial score (nSPS) is 18.6. The second-order valence-electron chi connectivity index (χ2n) is 4.90. The van der Waals surface area contributed by atoms with E-state index in [-0.39, 0.29) is 5.97 Å². The molecule has 17 heavy (non-hydrogen) atoms. The molecule has 0 unspecified atom stereocenters. The van der Waals surface area contributed by atoms with Gasteiger partial charge in [0.1, 0.15) is 0 Å². The highest BCUT2D eigenvalue weighted by molar-refractivity contribution is 5.91. The third-order valence-electron chi connectivity index (χ3n) is 3.38. The van der Waals surface area contributed by atoms with Crippen LogP contribution in [0.2, 0.25) is 0 Å². The summed E-state index contributed by atoms with van der Waals surface area (Å²) in [5.41, 5.74) is 13.8. The van der Waals surface area contributed by atoms with E-state index in [1.807, 2.05) is 25.1 Å². The number of nitrogens with two attached hydrogens (primary N) is 2. The highest BCUT2D eigenvalue weighted by atomic mass is 16.5. The fraction of sp³-hybridized carbons (Fsp3) is 0.462. The van der Waals surface area contributed by atoms with Crippen molar-refractivity contribution in [3.05, 3.63) is 34.9 Å². The molecular formula is C13H18N2O2. The predicted molar refractivity (Wildman–Crippen MR) is 65.6 cm³/mol. The Kier molecular flexibility index (Phi) is 2.93. The van der Waals surface area contributed by atoms with Crippen molar-refractivity contribution in [3.8, 4) is 0 Å². The van der Waals surface area contributed by atoms with Crippen molar-refractivity contribution in [2.75, 3.05) is 7.11 Å². The van der Waals surface area contributed by atoms with Gasteiger partial charge in [0.05, 0.1) is 18.3 Å². The Balaban J connectivity index is 2.18. The zero-order valence-corrected chi connectivity index (χ0v) is 10.2. The molecule has 1 aromatic carbocycles. The number of hydrogen-bond donors (Lipinski definition) is 2. The molecule has 0 atom stereocenters. The number of ether oxygens (including phenoxy) is 1. The summed E-state index contributed by atoms with van der Waals surface area (Å²) < 4.78 is 4.71. The summed E-state index contributed by atoms with van der Waals surface area (Å²) in [6.07, 6.45) is 1.59. The molecule has 2 rings (SSSR count). The smallest absolute Gasteiger partial charge is 0.338 e. The molecule has 1 aliphatic rings. The molecule has 1 aromatic rings. The largest absolute Gasteiger partial charge is 0.465 e. The van der Waals surface area contributed by atoms with Crippen LogP contribution in [0.4, 0.5) is 0 Å². The molecule has 0 bridgehead atoms. The van der Waals surface area contributed by atoms with Crippen molar-refractivity contribution in [2.24, 2.45) is 11.5 Å². The second kappa shape index (κ2) is 4.13. The first-order valence-electron chi connectivity index (χ1n) is 5.69. The van der Waals surface area contributed by atoms with Gasteiger partial charge in [-0.05, 0) is 42.9 Å². The van der Waals surface area contributed by atoms with Crippen LogP contribution in [0, 0.1) is 6.92 Å². The monoisotopic (exact) mass is 234 g/mol. The third kappa shape index (κ3) is 2.33. The fourth-order valence-electron chi connectivity index (χ4n) is 2.37. The summed E-state index contributed by atoms with van der Waals surface area (Å²) in [6.45, 7) is 1.91. The molecule has 0 heterocycles. The number of rotatable bonds is 2. The Morgan fingerprint density at radius 3 is 2.53 bits per heavy atom. The lowest BCUT2D eigenvalue weighted by Gasteiger charge is -2.42. The standard InChI is InChI=1S/C13H18N2O2/c1-8-5-9(10-6-13(14,15)7-10)3-4-11(8)12(16)17-2/h3-5,10H,6-7,14-15H2,1-2H3. The van der Waals surface area contributed by atoms with Crippen molar-refractivity contribution >= 4 is 5.97 Å². The van der Waals surface area contributed by atoms with E-state index < -0.39 is 5.66 Å². The fourth-order valence-corrected chi connectivity index (χ4v) is 2.37. The molecule has 1 fully saturated rings. The van der Waals surface area contributed by atoms with Gasteiger partial charge in [-0.1, -0.05) is 12.1 Å². The average Bonchev–Trinajstić information content (AvgIpc) is 2.24. The van der Waals surface area contributed by atoms with Crippen molar-refractivity contribution in [2.45, 2.75) is 31.3 Å². The Bertz CT molecular complexity index is 447. The maximum atomic E-state index is 11.4. The summed E-state index contributed by atoms with van der Waals surface area (Å²) in [5.74, 6) is 0.116. The molecule has 4 heteroatoms. The van der Waals surface area contributed by atoms with Gasteiger partial charge in [0.25, 0.3) is 0 Å². The van der Waals surface area contributed by atoms with Gasteiger partial charge in [-0.3, -0.25) is 0 Å². The molecule has 0 saturated heterocycles. The minimum atomic E-state index is -0.514. The molecule has 0 amide bonds. The van der Waals surface area contributed by atoms with E-state index >= 15 is 0 Å². The Hall–Kier alpha value is -1.39. The number of aryl methyl sites for hydroxylation is 1. The molecule has 92 valence electrons. The van der Waals surface area contributed by atoms with Gasteiger partial charge < -0.3 is 16.2 Å². The molecule has 0 aliphatic heterocycles. The van der Waals surface area contributed by atoms with Gasteiger partial charge in [0, 0.05) is 0 Å². The summed E-state index contributed by atoms with van der Waals surface area (Å²) in [4.78, 5) is 11.4. The first-order chi connectivity index (χ1) is 7.93. The highest BCUT2D eigenvalue weighted by Gasteiger charge is 2.38. The number of hydrogen-bond acceptors (Lipinski definition) is 4. The van der Waals surface area contributed by atoms with Crippen molar-refractivity contribution in [1.82, 2.24) is 0 Å². The van der Waals surface area contributed by atoms with E-state index in [1.165, 1.54) is 12.7 Å². The van der Waals surface area contributed by atoms with Gasteiger partial charge in [-0.15, -0.1) is 0 Å². The van der Waals surface area contributed by atoms with Crippen molar-refractivity contribution in [1.29, 1.82) is 0 Å². The minimum absolute atomic E-state index is 0.297. The molecule has 1 aliphatic carbocycles. The van der Waals surface area contributed by atoms with E-state index in [0.717, 1.165) is 18.4 Å². The Labute approximate surface area is 101 Å². The first-order valence-corrected chi connectivity index (χ1v) is 5.69. The number of benzene rings is 1. The van der Waals surface area contributed by atoms with Crippen LogP contribution in [0.1, 0.15) is 40.2 Å². The maximum Gasteiger partial charge on any atom is 0.338 e. The van der Waals surface area contributed by atoms with Crippen LogP contribution in [0.5, 0.6) is 0 Å². The Morgan fingerprint density at radius 1 is 1.41 bits per heavy atom. The third-order valence-corrected chi connectivity index (χ3v) is 3.38. The van der Waals surface area contributed by atoms with Gasteiger partial charge in [-0.2, -0.15) is 0 Å². The van der Waals surface area contributed by atoms with Gasteiger partial charge >= 0.3 is 5.97 Å². The number of methoxy groups -OCH3 is 1. The molecule has 0 radical (unpaired) electrons. The van der Waals surface area contributed by atoms with Crippen LogP contribution in [0.25, 0.3) is 0 Å². The van der Waals surface area contributed by atoms with Crippen LogP contribution >= 0.6 is 0 Å². The minimum Gasteiger partial charge on any atom is -0.465 e. The van der Waals surface area contributed by atoms with Crippen molar-refractivity contribution < 1.29 is 9.53 Å². The number of carbonyl (C=O) groups is 1. The van der Waals surface area contributed by atoms with E-state index in [2.05, 4.69) is 0 Å². The lowest BCUT2D eigenvalue weighted by atomic mass is 9.71. The summed E-state index contributed by atoms with van der Waals surface area (Å²) in [5, 5.41) is 0. The van der Waals surface area contributed by atoms with E-state index in [9.17, 15) is 4.79 Å². The molecule has 0 aromatic heterocycles. The molecule has 1 saturated carbocycles. The number of carbonyl (C=O) groups excluding carboxylic acids is 1. The van der Waals surface area contributed by atoms with E-state index in [0.29, 0.717) is 11.5 Å². The zero-order chi connectivity index (χ0) is 12.6. The summed E-state index contributed by atoms with van der Waals surface area (Å²) >= 11 is 0. The molecular weight excluding hydrogens is 216 g/mol. The molecule has 4 N–H and O–H groups in total. The lowest BCUT2D eigenvalue weighted by molar-refractivity contribution is 0.0600. The average molecular weight is 234 g/mol. The Morgan fingerprint density at radius 2 is 2.06 bits per heavy atom. The van der Waals surface area contributed by atoms with E-state index in [1.54, 1.807) is 0 Å². The van der Waals surface area contributed by atoms with Gasteiger partial charge in [0.15, 0.2) is 0 Å². The highest BCUT2D eigenvalue weighted by Crippen LogP contribution is 2.40. The van der Waals surface area contributed by atoms with E-state index in [4.69, 9.17) is 16.2 Å². The van der Waals surface area contributed by atoms with Crippen molar-refractivity contribution in [3.63, 3.8) is 0 Å². The van der Waals surface area contributed by atoms with Crippen LogP contribution in [-0.4, -0.2) is 18.7 Å². The quantitative estimate of drug-likeness (QED) is 0.596. The van der Waals surface area contributed by atoms with Gasteiger partial charge in [0.2, 0.25) is 0 Å². The topological polar surface area (TPSA) is 78.3 Å².